The normalized spacial score (nSPS) is 22.5. The molecule has 9 nitrogen and oxygen atoms in total. The number of likely N-dealkylation sites (tertiary alicyclic amines) is 1. The molecule has 0 saturated carbocycles. The predicted molar refractivity (Wildman–Crippen MR) is 129 cm³/mol. The van der Waals surface area contributed by atoms with Crippen LogP contribution in [0, 0.1) is 0 Å². The first kappa shape index (κ1) is 26.7. The number of ether oxygens (including phenoxy) is 1. The van der Waals surface area contributed by atoms with Crippen molar-refractivity contribution in [2.75, 3.05) is 46.4 Å². The monoisotopic (exact) mass is 514 g/mol. The number of nitrogens with two attached hydrogens (primary N) is 1. The molecule has 1 aromatic carbocycles. The summed E-state index contributed by atoms with van der Waals surface area (Å²) in [4.78, 5) is 42.6. The highest BCUT2D eigenvalue weighted by molar-refractivity contribution is 6.42. The summed E-state index contributed by atoms with van der Waals surface area (Å²) in [6.07, 6.45) is 2.02. The molecular formula is C23H32Cl2N4O5. The van der Waals surface area contributed by atoms with E-state index in [2.05, 4.69) is 9.80 Å². The molecular weight excluding hydrogens is 483 g/mol. The van der Waals surface area contributed by atoms with Gasteiger partial charge in [0.15, 0.2) is 0 Å². The van der Waals surface area contributed by atoms with Gasteiger partial charge in [0, 0.05) is 19.6 Å². The predicted octanol–water partition coefficient (Wildman–Crippen LogP) is 1.49. The number of carbonyl (C=O) groups is 3. The minimum Gasteiger partial charge on any atom is -0.481 e. The number of amides is 1. The Kier molecular flexibility index (Phi) is 9.56. The second-order valence-electron chi connectivity index (χ2n) is 9.06. The number of halogens is 2. The Hall–Kier alpha value is -1.91. The summed E-state index contributed by atoms with van der Waals surface area (Å²) >= 11 is 12.1. The molecule has 0 unspecified atom stereocenters. The fourth-order valence-corrected chi connectivity index (χ4v) is 4.80. The van der Waals surface area contributed by atoms with Crippen molar-refractivity contribution in [3.63, 3.8) is 0 Å². The summed E-state index contributed by atoms with van der Waals surface area (Å²) in [5.41, 5.74) is 6.39. The molecule has 34 heavy (non-hydrogen) atoms. The van der Waals surface area contributed by atoms with Crippen LogP contribution < -0.4 is 5.73 Å². The van der Waals surface area contributed by atoms with Gasteiger partial charge in [-0.05, 0) is 50.7 Å². The van der Waals surface area contributed by atoms with Crippen LogP contribution in [0.3, 0.4) is 0 Å². The Balaban J connectivity index is 1.68. The maximum atomic E-state index is 13.4. The molecule has 3 rings (SSSR count). The fraction of sp³-hybridized carbons (Fsp3) is 0.609. The molecule has 2 heterocycles. The highest BCUT2D eigenvalue weighted by Crippen LogP contribution is 2.24. The number of hydrogen-bond donors (Lipinski definition) is 2. The fourth-order valence-electron chi connectivity index (χ4n) is 4.48. The number of esters is 1. The molecule has 3 N–H and O–H groups in total. The molecule has 0 radical (unpaired) electrons. The zero-order valence-corrected chi connectivity index (χ0v) is 20.8. The van der Waals surface area contributed by atoms with E-state index >= 15 is 0 Å². The maximum absolute atomic E-state index is 13.4. The summed E-state index contributed by atoms with van der Waals surface area (Å²) in [7, 11) is 1.94. The van der Waals surface area contributed by atoms with Crippen molar-refractivity contribution in [1.29, 1.82) is 0 Å². The molecule has 2 aliphatic heterocycles. The summed E-state index contributed by atoms with van der Waals surface area (Å²) in [6.45, 7) is 3.88. The first-order chi connectivity index (χ1) is 16.1. The molecule has 3 atom stereocenters. The van der Waals surface area contributed by atoms with Crippen LogP contribution in [0.15, 0.2) is 18.2 Å². The van der Waals surface area contributed by atoms with Crippen LogP contribution in [0.2, 0.25) is 10.0 Å². The van der Waals surface area contributed by atoms with E-state index in [1.54, 1.807) is 18.2 Å². The number of carboxylic acids is 1. The number of carbonyl (C=O) groups excluding carboxylic acids is 2. The highest BCUT2D eigenvalue weighted by Gasteiger charge is 2.36. The molecule has 11 heteroatoms. The molecule has 2 saturated heterocycles. The summed E-state index contributed by atoms with van der Waals surface area (Å²) in [6, 6.07) is 3.73. The largest absolute Gasteiger partial charge is 0.481 e. The Morgan fingerprint density at radius 3 is 2.50 bits per heavy atom. The van der Waals surface area contributed by atoms with Gasteiger partial charge in [0.1, 0.15) is 12.6 Å². The molecule has 0 aromatic heterocycles. The first-order valence-corrected chi connectivity index (χ1v) is 12.2. The number of nitrogens with zero attached hydrogens (tertiary/aromatic N) is 3. The van der Waals surface area contributed by atoms with Crippen LogP contribution in [0.4, 0.5) is 0 Å². The van der Waals surface area contributed by atoms with Crippen LogP contribution >= 0.6 is 23.2 Å². The highest BCUT2D eigenvalue weighted by atomic mass is 35.5. The lowest BCUT2D eigenvalue weighted by Crippen LogP contribution is -2.62. The first-order valence-electron chi connectivity index (χ1n) is 11.4. The third-order valence-electron chi connectivity index (χ3n) is 6.41. The second-order valence-corrected chi connectivity index (χ2v) is 9.88. The summed E-state index contributed by atoms with van der Waals surface area (Å²) in [5, 5.41) is 9.67. The summed E-state index contributed by atoms with van der Waals surface area (Å²) < 4.78 is 5.31. The van der Waals surface area contributed by atoms with Crippen LogP contribution in [0.5, 0.6) is 0 Å². The molecule has 2 aliphatic rings. The van der Waals surface area contributed by atoms with Crippen molar-refractivity contribution in [3.05, 3.63) is 33.8 Å². The van der Waals surface area contributed by atoms with E-state index in [1.807, 2.05) is 11.9 Å². The van der Waals surface area contributed by atoms with E-state index in [9.17, 15) is 14.4 Å². The van der Waals surface area contributed by atoms with Gasteiger partial charge in [-0.25, -0.2) is 0 Å². The second kappa shape index (κ2) is 12.2. The van der Waals surface area contributed by atoms with Gasteiger partial charge in [-0.2, -0.15) is 0 Å². The molecule has 0 spiro atoms. The van der Waals surface area contributed by atoms with E-state index in [-0.39, 0.29) is 31.0 Å². The van der Waals surface area contributed by atoms with Crippen LogP contribution in [-0.2, 0) is 25.5 Å². The molecule has 2 fully saturated rings. The molecule has 188 valence electrons. The van der Waals surface area contributed by atoms with Gasteiger partial charge in [0.05, 0.1) is 35.0 Å². The lowest BCUT2D eigenvalue weighted by atomic mass is 10.0. The number of hydrogen-bond acceptors (Lipinski definition) is 7. The van der Waals surface area contributed by atoms with Crippen molar-refractivity contribution in [3.8, 4) is 0 Å². The third kappa shape index (κ3) is 7.29. The zero-order chi connectivity index (χ0) is 24.8. The van der Waals surface area contributed by atoms with Crippen LogP contribution in [-0.4, -0.2) is 102 Å². The lowest BCUT2D eigenvalue weighted by molar-refractivity contribution is -0.152. The molecule has 0 aliphatic carbocycles. The number of carboxylic acid groups (broad SMARTS) is 1. The van der Waals surface area contributed by atoms with Gasteiger partial charge in [-0.1, -0.05) is 29.3 Å². The number of likely N-dealkylation sites (N-methyl/N-ethyl adjacent to an activating group) is 1. The number of rotatable bonds is 9. The minimum absolute atomic E-state index is 0.000379. The summed E-state index contributed by atoms with van der Waals surface area (Å²) in [5.74, 6) is -1.96. The van der Waals surface area contributed by atoms with E-state index < -0.39 is 24.4 Å². The number of aliphatic carboxylic acids is 1. The van der Waals surface area contributed by atoms with Crippen molar-refractivity contribution in [2.45, 2.75) is 43.8 Å². The average Bonchev–Trinajstić information content (AvgIpc) is 3.28. The van der Waals surface area contributed by atoms with Gasteiger partial charge in [0.25, 0.3) is 0 Å². The standard InChI is InChI=1S/C23H32Cl2N4O5/c1-27-11-16(12-28-6-2-3-7-28)29(21(30)9-15-4-5-18(24)19(25)8-15)13-17(27)14-34-23(33)20(26)10-22(31)32/h4-5,8,16-17,20H,2-3,6-7,9-14,26H2,1H3,(H,31,32)/t16-,17-,20+/m0/s1. The molecule has 0 bridgehead atoms. The average molecular weight is 515 g/mol. The quantitative estimate of drug-likeness (QED) is 0.476. The molecule has 1 aromatic rings. The van der Waals surface area contributed by atoms with Gasteiger partial charge in [0.2, 0.25) is 5.91 Å². The van der Waals surface area contributed by atoms with E-state index in [1.165, 1.54) is 0 Å². The number of piperazine rings is 1. The van der Waals surface area contributed by atoms with Crippen LogP contribution in [0.1, 0.15) is 24.8 Å². The van der Waals surface area contributed by atoms with Crippen molar-refractivity contribution in [2.24, 2.45) is 5.73 Å². The van der Waals surface area contributed by atoms with Crippen molar-refractivity contribution in [1.82, 2.24) is 14.7 Å². The minimum atomic E-state index is -1.22. The van der Waals surface area contributed by atoms with Crippen LogP contribution in [0.25, 0.3) is 0 Å². The van der Waals surface area contributed by atoms with Gasteiger partial charge in [-0.15, -0.1) is 0 Å². The zero-order valence-electron chi connectivity index (χ0n) is 19.3. The van der Waals surface area contributed by atoms with Gasteiger partial charge in [-0.3, -0.25) is 19.3 Å². The van der Waals surface area contributed by atoms with E-state index in [0.717, 1.165) is 38.0 Å². The van der Waals surface area contributed by atoms with Crippen molar-refractivity contribution < 1.29 is 24.2 Å². The molecule has 1 amide bonds. The van der Waals surface area contributed by atoms with Gasteiger partial charge >= 0.3 is 11.9 Å². The lowest BCUT2D eigenvalue weighted by Gasteiger charge is -2.46. The Morgan fingerprint density at radius 1 is 1.15 bits per heavy atom. The Bertz CT molecular complexity index is 896. The third-order valence-corrected chi connectivity index (χ3v) is 7.15. The Morgan fingerprint density at radius 2 is 1.85 bits per heavy atom. The Labute approximate surface area is 209 Å². The van der Waals surface area contributed by atoms with Gasteiger partial charge < -0.3 is 25.4 Å². The smallest absolute Gasteiger partial charge is 0.323 e. The van der Waals surface area contributed by atoms with Crippen molar-refractivity contribution >= 4 is 41.0 Å². The topological polar surface area (TPSA) is 116 Å². The van der Waals surface area contributed by atoms with E-state index in [4.69, 9.17) is 38.8 Å². The maximum Gasteiger partial charge on any atom is 0.323 e. The van der Waals surface area contributed by atoms with E-state index in [0.29, 0.717) is 23.1 Å². The SMILES string of the molecule is CN1C[C@@H](CN2CCCC2)N(C(=O)Cc2ccc(Cl)c(Cl)c2)C[C@H]1COC(=O)[C@H](N)CC(=O)O. The number of benzene rings is 1.